The molecule has 2 aromatic carbocycles. The Morgan fingerprint density at radius 1 is 0.962 bits per heavy atom. The molecule has 3 amide bonds. The van der Waals surface area contributed by atoms with Crippen molar-refractivity contribution in [3.63, 3.8) is 0 Å². The van der Waals surface area contributed by atoms with Crippen LogP contribution in [0.4, 0.5) is 4.79 Å². The first kappa shape index (κ1) is 40.2. The maximum Gasteiger partial charge on any atom is 0.407 e. The van der Waals surface area contributed by atoms with Gasteiger partial charge in [0, 0.05) is 19.6 Å². The van der Waals surface area contributed by atoms with Crippen molar-refractivity contribution in [3.05, 3.63) is 66.1 Å². The average Bonchev–Trinajstić information content (AvgIpc) is 3.49. The molecule has 1 aliphatic heterocycles. The van der Waals surface area contributed by atoms with Crippen LogP contribution in [-0.2, 0) is 25.5 Å². The van der Waals surface area contributed by atoms with Crippen LogP contribution in [0.25, 0.3) is 11.1 Å². The molecule has 1 unspecified atom stereocenters. The SMILES string of the molecule is C.NCCCC[C@H](NC(=O)[C@@H]1C[C@@H](OCCC2CCCC2)CN1C(=O)[C@@H](CCc1ccccc1)NC(=O)OCC1CC1)C(O)c1nc2ccccc2o1. The van der Waals surface area contributed by atoms with Gasteiger partial charge in [-0.15, -0.1) is 0 Å². The van der Waals surface area contributed by atoms with E-state index >= 15 is 0 Å². The van der Waals surface area contributed by atoms with Crippen LogP contribution in [0.3, 0.4) is 0 Å². The van der Waals surface area contributed by atoms with E-state index in [9.17, 15) is 19.5 Å². The number of ether oxygens (including phenoxy) is 2. The standard InChI is InChI=1S/C40H55N5O7.CH4/c41-22-9-8-15-32(36(46)38-43-31-14-6-7-16-35(31)52-38)42-37(47)34-24-30(50-23-21-28-12-4-5-13-28)25-45(34)39(48)33(20-19-27-10-2-1-3-11-27)44-40(49)51-26-29-17-18-29;/h1-3,6-7,10-11,14,16,28-30,32-34,36,46H,4-5,8-9,12-13,15,17-26,41H2,(H,42,47)(H,44,49);1H4/t30-,32+,33-,34+,36?;/m1./s1. The Labute approximate surface area is 313 Å². The van der Waals surface area contributed by atoms with Gasteiger partial charge in [0.25, 0.3) is 0 Å². The number of fused-ring (bicyclic) bond motifs is 1. The third kappa shape index (κ3) is 11.5. The number of aromatic nitrogens is 1. The van der Waals surface area contributed by atoms with Gasteiger partial charge in [0.1, 0.15) is 17.6 Å². The number of rotatable bonds is 19. The van der Waals surface area contributed by atoms with Gasteiger partial charge in [0.05, 0.1) is 18.8 Å². The minimum absolute atomic E-state index is 0. The number of carbonyl (C=O) groups excluding carboxylic acids is 3. The van der Waals surface area contributed by atoms with Crippen LogP contribution in [-0.4, -0.2) is 83.4 Å². The zero-order valence-corrected chi connectivity index (χ0v) is 30.1. The summed E-state index contributed by atoms with van der Waals surface area (Å²) in [4.78, 5) is 47.8. The fourth-order valence-electron chi connectivity index (χ4n) is 7.47. The van der Waals surface area contributed by atoms with E-state index in [2.05, 4.69) is 15.6 Å². The Balaban J connectivity index is 0.00000541. The summed E-state index contributed by atoms with van der Waals surface area (Å²) < 4.78 is 17.7. The number of aliphatic hydroxyl groups is 1. The Morgan fingerprint density at radius 2 is 1.72 bits per heavy atom. The molecule has 0 radical (unpaired) electrons. The maximum atomic E-state index is 14.5. The van der Waals surface area contributed by atoms with Crippen molar-refractivity contribution in [1.29, 1.82) is 0 Å². The molecule has 12 nitrogen and oxygen atoms in total. The molecule has 3 aliphatic rings. The number of likely N-dealkylation sites (tertiary alicyclic amines) is 1. The summed E-state index contributed by atoms with van der Waals surface area (Å²) in [5, 5.41) is 17.4. The zero-order chi connectivity index (χ0) is 36.3. The largest absolute Gasteiger partial charge is 0.449 e. The smallest absolute Gasteiger partial charge is 0.407 e. The summed E-state index contributed by atoms with van der Waals surface area (Å²) in [5.74, 6) is 0.374. The van der Waals surface area contributed by atoms with Gasteiger partial charge in [0.2, 0.25) is 17.7 Å². The Morgan fingerprint density at radius 3 is 2.45 bits per heavy atom. The number of oxazole rings is 1. The van der Waals surface area contributed by atoms with E-state index in [0.29, 0.717) is 81.2 Å². The molecule has 5 N–H and O–H groups in total. The van der Waals surface area contributed by atoms with Gasteiger partial charge in [-0.2, -0.15) is 0 Å². The van der Waals surface area contributed by atoms with Crippen molar-refractivity contribution >= 4 is 29.0 Å². The lowest BCUT2D eigenvalue weighted by Gasteiger charge is -2.30. The summed E-state index contributed by atoms with van der Waals surface area (Å²) in [6.45, 7) is 1.58. The van der Waals surface area contributed by atoms with Gasteiger partial charge in [0.15, 0.2) is 11.7 Å². The van der Waals surface area contributed by atoms with E-state index in [4.69, 9.17) is 19.6 Å². The van der Waals surface area contributed by atoms with Gasteiger partial charge in [-0.05, 0) is 81.0 Å². The summed E-state index contributed by atoms with van der Waals surface area (Å²) in [7, 11) is 0. The summed E-state index contributed by atoms with van der Waals surface area (Å²) in [6, 6.07) is 14.5. The number of aliphatic hydroxyl groups excluding tert-OH is 1. The number of benzene rings is 2. The van der Waals surface area contributed by atoms with E-state index in [1.807, 2.05) is 42.5 Å². The molecule has 2 aliphatic carbocycles. The number of aryl methyl sites for hydroxylation is 1. The van der Waals surface area contributed by atoms with E-state index < -0.39 is 36.2 Å². The van der Waals surface area contributed by atoms with E-state index in [0.717, 1.165) is 24.8 Å². The van der Waals surface area contributed by atoms with Crippen molar-refractivity contribution < 1.29 is 33.4 Å². The van der Waals surface area contributed by atoms with Crippen LogP contribution in [0, 0.1) is 11.8 Å². The van der Waals surface area contributed by atoms with E-state index in [1.54, 1.807) is 17.0 Å². The number of para-hydroxylation sites is 2. The third-order valence-corrected chi connectivity index (χ3v) is 10.7. The topological polar surface area (TPSA) is 169 Å². The van der Waals surface area contributed by atoms with Gasteiger partial charge in [-0.25, -0.2) is 9.78 Å². The average molecular weight is 734 g/mol. The lowest BCUT2D eigenvalue weighted by Crippen LogP contribution is -2.55. The normalized spacial score (nSPS) is 20.5. The van der Waals surface area contributed by atoms with Crippen molar-refractivity contribution in [1.82, 2.24) is 20.5 Å². The summed E-state index contributed by atoms with van der Waals surface area (Å²) >= 11 is 0. The molecule has 1 aromatic heterocycles. The molecule has 0 bridgehead atoms. The highest BCUT2D eigenvalue weighted by molar-refractivity contribution is 5.92. The number of unbranched alkanes of at least 4 members (excludes halogenated alkanes) is 1. The first-order valence-corrected chi connectivity index (χ1v) is 19.3. The van der Waals surface area contributed by atoms with Crippen LogP contribution < -0.4 is 16.4 Å². The van der Waals surface area contributed by atoms with Gasteiger partial charge >= 0.3 is 6.09 Å². The quantitative estimate of drug-likeness (QED) is 0.111. The molecular formula is C41H59N5O7. The van der Waals surface area contributed by atoms with E-state index in [-0.39, 0.29) is 31.9 Å². The molecule has 0 spiro atoms. The lowest BCUT2D eigenvalue weighted by atomic mass is 10.0. The Hall–Kier alpha value is -4.00. The molecule has 53 heavy (non-hydrogen) atoms. The van der Waals surface area contributed by atoms with Crippen LogP contribution in [0.1, 0.15) is 102 Å². The van der Waals surface area contributed by atoms with E-state index in [1.165, 1.54) is 25.7 Å². The Bertz CT molecular complexity index is 1560. The number of nitrogens with two attached hydrogens (primary N) is 1. The van der Waals surface area contributed by atoms with Crippen LogP contribution in [0.2, 0.25) is 0 Å². The summed E-state index contributed by atoms with van der Waals surface area (Å²) in [6.07, 6.45) is 8.71. The first-order chi connectivity index (χ1) is 25.4. The molecule has 3 aromatic rings. The first-order valence-electron chi connectivity index (χ1n) is 19.3. The van der Waals surface area contributed by atoms with Crippen molar-refractivity contribution in [3.8, 4) is 0 Å². The minimum Gasteiger partial charge on any atom is -0.449 e. The number of alkyl carbamates (subject to hydrolysis) is 1. The second kappa shape index (κ2) is 19.9. The number of carbonyl (C=O) groups is 3. The van der Waals surface area contributed by atoms with Gasteiger partial charge in [-0.3, -0.25) is 9.59 Å². The second-order valence-corrected chi connectivity index (χ2v) is 14.8. The van der Waals surface area contributed by atoms with Crippen molar-refractivity contribution in [2.24, 2.45) is 17.6 Å². The van der Waals surface area contributed by atoms with Crippen LogP contribution in [0.5, 0.6) is 0 Å². The highest BCUT2D eigenvalue weighted by Gasteiger charge is 2.44. The molecule has 12 heteroatoms. The van der Waals surface area contributed by atoms with Gasteiger partial charge in [-0.1, -0.05) is 82.0 Å². The second-order valence-electron chi connectivity index (χ2n) is 14.8. The zero-order valence-electron chi connectivity index (χ0n) is 30.1. The molecule has 2 saturated carbocycles. The van der Waals surface area contributed by atoms with Crippen molar-refractivity contribution in [2.75, 3.05) is 26.3 Å². The molecule has 1 saturated heterocycles. The molecule has 2 heterocycles. The predicted octanol–water partition coefficient (Wildman–Crippen LogP) is 5.82. The molecule has 3 fully saturated rings. The molecule has 290 valence electrons. The minimum atomic E-state index is -1.22. The molecule has 6 rings (SSSR count). The predicted molar refractivity (Wildman–Crippen MR) is 203 cm³/mol. The number of amides is 3. The number of nitrogens with one attached hydrogen (secondary N) is 2. The van der Waals surface area contributed by atoms with Crippen molar-refractivity contribution in [2.45, 2.75) is 121 Å². The Kier molecular flexibility index (Phi) is 15.1. The summed E-state index contributed by atoms with van der Waals surface area (Å²) in [5.41, 5.74) is 7.97. The van der Waals surface area contributed by atoms with Crippen LogP contribution >= 0.6 is 0 Å². The lowest BCUT2D eigenvalue weighted by molar-refractivity contribution is -0.140. The highest BCUT2D eigenvalue weighted by Crippen LogP contribution is 2.31. The molecular weight excluding hydrogens is 674 g/mol. The van der Waals surface area contributed by atoms with Gasteiger partial charge < -0.3 is 40.3 Å². The third-order valence-electron chi connectivity index (χ3n) is 10.7. The molecule has 5 atom stereocenters. The highest BCUT2D eigenvalue weighted by atomic mass is 16.5. The maximum absolute atomic E-state index is 14.5. The fraction of sp³-hybridized carbons (Fsp3) is 0.610. The number of hydrogen-bond acceptors (Lipinski definition) is 9. The fourth-order valence-corrected chi connectivity index (χ4v) is 7.47. The number of nitrogens with zero attached hydrogens (tertiary/aromatic N) is 2. The number of hydrogen-bond donors (Lipinski definition) is 4. The monoisotopic (exact) mass is 733 g/mol. The van der Waals surface area contributed by atoms with Crippen LogP contribution in [0.15, 0.2) is 59.0 Å².